The van der Waals surface area contributed by atoms with Gasteiger partial charge in [-0.05, 0) is 37.5 Å². The Morgan fingerprint density at radius 2 is 1.82 bits per heavy atom. The van der Waals surface area contributed by atoms with Crippen LogP contribution in [-0.2, 0) is 16.1 Å². The summed E-state index contributed by atoms with van der Waals surface area (Å²) in [5.41, 5.74) is 0.163. The number of aromatic nitrogens is 4. The molecule has 34 heavy (non-hydrogen) atoms. The van der Waals surface area contributed by atoms with Crippen LogP contribution >= 0.6 is 0 Å². The highest BCUT2D eigenvalue weighted by Gasteiger charge is 2.43. The van der Waals surface area contributed by atoms with Gasteiger partial charge in [-0.2, -0.15) is 9.50 Å². The molecule has 0 bridgehead atoms. The first-order valence-corrected chi connectivity index (χ1v) is 12.3. The number of carbonyl (C=O) groups is 1. The van der Waals surface area contributed by atoms with Crippen LogP contribution in [0, 0.1) is 5.41 Å². The second-order valence-electron chi connectivity index (χ2n) is 9.94. The SMILES string of the molecule is O=C(CCC1(CO)CCC1)C1(OCc2cc(=O)n3[nH]c(-c4ccccc4)nc3n2)CCCCC1. The van der Waals surface area contributed by atoms with E-state index >= 15 is 0 Å². The second kappa shape index (κ2) is 9.43. The number of hydrogen-bond donors (Lipinski definition) is 2. The van der Waals surface area contributed by atoms with Crippen molar-refractivity contribution < 1.29 is 14.6 Å². The predicted octanol–water partition coefficient (Wildman–Crippen LogP) is 3.82. The lowest BCUT2D eigenvalue weighted by Crippen LogP contribution is -2.44. The van der Waals surface area contributed by atoms with Gasteiger partial charge >= 0.3 is 0 Å². The van der Waals surface area contributed by atoms with Gasteiger partial charge in [-0.25, -0.2) is 4.98 Å². The Balaban J connectivity index is 1.33. The van der Waals surface area contributed by atoms with Crippen LogP contribution in [0.2, 0.25) is 0 Å². The zero-order valence-electron chi connectivity index (χ0n) is 19.5. The van der Waals surface area contributed by atoms with E-state index in [4.69, 9.17) is 4.74 Å². The van der Waals surface area contributed by atoms with Crippen LogP contribution in [0.3, 0.4) is 0 Å². The molecule has 0 atom stereocenters. The van der Waals surface area contributed by atoms with Crippen molar-refractivity contribution in [2.45, 2.75) is 76.4 Å². The normalized spacial score (nSPS) is 19.1. The number of Topliss-reactive ketones (excluding diaryl/α,β-unsaturated/α-hetero) is 1. The van der Waals surface area contributed by atoms with Gasteiger partial charge in [0.15, 0.2) is 11.6 Å². The third kappa shape index (κ3) is 4.44. The molecule has 0 saturated heterocycles. The van der Waals surface area contributed by atoms with E-state index in [-0.39, 0.29) is 35.7 Å². The second-order valence-corrected chi connectivity index (χ2v) is 9.94. The van der Waals surface area contributed by atoms with Crippen molar-refractivity contribution in [1.29, 1.82) is 0 Å². The highest BCUT2D eigenvalue weighted by Crippen LogP contribution is 2.45. The van der Waals surface area contributed by atoms with Crippen LogP contribution in [0.15, 0.2) is 41.2 Å². The van der Waals surface area contributed by atoms with Crippen molar-refractivity contribution in [1.82, 2.24) is 19.6 Å². The fraction of sp³-hybridized carbons (Fsp3) is 0.538. The van der Waals surface area contributed by atoms with Crippen LogP contribution in [0.4, 0.5) is 0 Å². The van der Waals surface area contributed by atoms with E-state index in [1.165, 1.54) is 10.6 Å². The van der Waals surface area contributed by atoms with E-state index in [0.29, 0.717) is 37.2 Å². The summed E-state index contributed by atoms with van der Waals surface area (Å²) < 4.78 is 7.62. The number of hydrogen-bond acceptors (Lipinski definition) is 6. The molecule has 2 aliphatic carbocycles. The minimum Gasteiger partial charge on any atom is -0.396 e. The number of nitrogens with zero attached hydrogens (tertiary/aromatic N) is 3. The molecule has 8 heteroatoms. The molecule has 2 saturated carbocycles. The number of nitrogens with one attached hydrogen (secondary N) is 1. The van der Waals surface area contributed by atoms with Crippen LogP contribution in [0.25, 0.3) is 17.2 Å². The highest BCUT2D eigenvalue weighted by molar-refractivity contribution is 5.87. The average molecular weight is 465 g/mol. The van der Waals surface area contributed by atoms with Gasteiger partial charge < -0.3 is 9.84 Å². The molecule has 3 aromatic rings. The summed E-state index contributed by atoms with van der Waals surface area (Å²) in [6.07, 6.45) is 8.64. The van der Waals surface area contributed by atoms with E-state index in [0.717, 1.165) is 44.1 Å². The van der Waals surface area contributed by atoms with Crippen molar-refractivity contribution in [3.05, 3.63) is 52.4 Å². The van der Waals surface area contributed by atoms with E-state index in [2.05, 4.69) is 15.1 Å². The molecule has 0 unspecified atom stereocenters. The number of fused-ring (bicyclic) bond motifs is 1. The molecule has 0 aliphatic heterocycles. The Hall–Kier alpha value is -2.84. The predicted molar refractivity (Wildman–Crippen MR) is 127 cm³/mol. The van der Waals surface area contributed by atoms with Crippen LogP contribution < -0.4 is 5.56 Å². The van der Waals surface area contributed by atoms with Gasteiger partial charge in [-0.3, -0.25) is 14.7 Å². The van der Waals surface area contributed by atoms with E-state index in [1.54, 1.807) is 0 Å². The fourth-order valence-electron chi connectivity index (χ4n) is 5.34. The minimum atomic E-state index is -0.827. The summed E-state index contributed by atoms with van der Waals surface area (Å²) in [5.74, 6) is 0.968. The smallest absolute Gasteiger partial charge is 0.274 e. The first-order valence-electron chi connectivity index (χ1n) is 12.3. The van der Waals surface area contributed by atoms with Gasteiger partial charge in [0.05, 0.1) is 12.3 Å². The summed E-state index contributed by atoms with van der Waals surface area (Å²) in [6.45, 7) is 0.243. The summed E-state index contributed by atoms with van der Waals surface area (Å²) in [5, 5.41) is 12.8. The maximum Gasteiger partial charge on any atom is 0.274 e. The number of aliphatic hydroxyl groups is 1. The van der Waals surface area contributed by atoms with Crippen molar-refractivity contribution in [3.8, 4) is 11.4 Å². The molecule has 2 N–H and O–H groups in total. The summed E-state index contributed by atoms with van der Waals surface area (Å²) >= 11 is 0. The molecule has 0 amide bonds. The molecule has 2 aromatic heterocycles. The Morgan fingerprint density at radius 1 is 1.06 bits per heavy atom. The molecule has 0 spiro atoms. The zero-order valence-corrected chi connectivity index (χ0v) is 19.5. The number of benzene rings is 1. The third-order valence-corrected chi connectivity index (χ3v) is 7.73. The molecule has 2 fully saturated rings. The van der Waals surface area contributed by atoms with E-state index in [9.17, 15) is 14.7 Å². The van der Waals surface area contributed by atoms with Gasteiger partial charge in [0, 0.05) is 24.7 Å². The monoisotopic (exact) mass is 464 g/mol. The van der Waals surface area contributed by atoms with Gasteiger partial charge in [0.1, 0.15) is 5.60 Å². The maximum absolute atomic E-state index is 13.4. The lowest BCUT2D eigenvalue weighted by atomic mass is 9.65. The Kier molecular flexibility index (Phi) is 6.36. The lowest BCUT2D eigenvalue weighted by Gasteiger charge is -2.42. The number of aliphatic hydroxyl groups excluding tert-OH is 1. The molecular formula is C26H32N4O4. The Morgan fingerprint density at radius 3 is 2.50 bits per heavy atom. The van der Waals surface area contributed by atoms with E-state index < -0.39 is 5.60 Å². The summed E-state index contributed by atoms with van der Waals surface area (Å²) in [4.78, 5) is 35.1. The van der Waals surface area contributed by atoms with Crippen LogP contribution in [0.5, 0.6) is 0 Å². The molecule has 0 radical (unpaired) electrons. The topological polar surface area (TPSA) is 110 Å². The molecule has 8 nitrogen and oxygen atoms in total. The van der Waals surface area contributed by atoms with Crippen molar-refractivity contribution >= 4 is 11.6 Å². The number of aromatic amines is 1. The van der Waals surface area contributed by atoms with Crippen molar-refractivity contribution in [3.63, 3.8) is 0 Å². The number of carbonyl (C=O) groups excluding carboxylic acids is 1. The number of H-pyrrole nitrogens is 1. The van der Waals surface area contributed by atoms with E-state index in [1.807, 2.05) is 30.3 Å². The first kappa shape index (κ1) is 22.9. The molecule has 5 rings (SSSR count). The van der Waals surface area contributed by atoms with Crippen molar-refractivity contribution in [2.24, 2.45) is 5.41 Å². The number of rotatable bonds is 9. The quantitative estimate of drug-likeness (QED) is 0.498. The standard InChI is InChI=1S/C26H32N4O4/c31-18-25(11-7-12-25)15-10-21(32)26(13-5-2-6-14-26)34-17-20-16-22(33)30-24(27-20)28-23(29-30)19-8-3-1-4-9-19/h1,3-4,8-9,16,31H,2,5-7,10-15,17-18H2,(H,27,28,29). The van der Waals surface area contributed by atoms with Gasteiger partial charge in [0.25, 0.3) is 11.3 Å². The summed E-state index contributed by atoms with van der Waals surface area (Å²) in [6, 6.07) is 11.0. The third-order valence-electron chi connectivity index (χ3n) is 7.73. The molecule has 180 valence electrons. The lowest BCUT2D eigenvalue weighted by molar-refractivity contribution is -0.153. The fourth-order valence-corrected chi connectivity index (χ4v) is 5.34. The highest BCUT2D eigenvalue weighted by atomic mass is 16.5. The number of ketones is 1. The van der Waals surface area contributed by atoms with Crippen LogP contribution in [-0.4, -0.2) is 42.7 Å². The van der Waals surface area contributed by atoms with Gasteiger partial charge in [0.2, 0.25) is 0 Å². The minimum absolute atomic E-state index is 0.0802. The van der Waals surface area contributed by atoms with Crippen molar-refractivity contribution in [2.75, 3.05) is 6.61 Å². The summed E-state index contributed by atoms with van der Waals surface area (Å²) in [7, 11) is 0. The number of ether oxygens (including phenoxy) is 1. The molecule has 1 aromatic carbocycles. The zero-order chi connectivity index (χ0) is 23.6. The van der Waals surface area contributed by atoms with Gasteiger partial charge in [-0.15, -0.1) is 0 Å². The Labute approximate surface area is 198 Å². The maximum atomic E-state index is 13.4. The largest absolute Gasteiger partial charge is 0.396 e. The average Bonchev–Trinajstić information content (AvgIpc) is 3.28. The first-order chi connectivity index (χ1) is 16.5. The Bertz CT molecular complexity index is 1200. The van der Waals surface area contributed by atoms with Gasteiger partial charge in [-0.1, -0.05) is 56.0 Å². The molecule has 2 aliphatic rings. The molecule has 2 heterocycles. The van der Waals surface area contributed by atoms with Crippen LogP contribution in [0.1, 0.15) is 69.9 Å². The molecular weight excluding hydrogens is 432 g/mol.